The van der Waals surface area contributed by atoms with Crippen LogP contribution >= 0.6 is 11.3 Å². The van der Waals surface area contributed by atoms with Crippen molar-refractivity contribution in [2.45, 2.75) is 30.7 Å². The first-order valence-electron chi connectivity index (χ1n) is 10.6. The Kier molecular flexibility index (Phi) is 6.35. The molecule has 0 saturated heterocycles. The minimum atomic E-state index is -3.54. The summed E-state index contributed by atoms with van der Waals surface area (Å²) in [5.41, 5.74) is 2.41. The third kappa shape index (κ3) is 4.56. The van der Waals surface area contributed by atoms with Crippen molar-refractivity contribution < 1.29 is 13.2 Å². The van der Waals surface area contributed by atoms with Gasteiger partial charge in [0.25, 0.3) is 5.91 Å². The molecule has 0 N–H and O–H groups in total. The predicted octanol–water partition coefficient (Wildman–Crippen LogP) is 3.60. The largest absolute Gasteiger partial charge is 0.308 e. The second kappa shape index (κ2) is 8.90. The quantitative estimate of drug-likeness (QED) is 0.501. The number of hydrogen-bond acceptors (Lipinski definition) is 6. The van der Waals surface area contributed by atoms with Crippen LogP contribution in [0.2, 0.25) is 0 Å². The van der Waals surface area contributed by atoms with E-state index in [-0.39, 0.29) is 16.8 Å². The zero-order chi connectivity index (χ0) is 23.0. The Bertz CT molecular complexity index is 1230. The number of carbonyl (C=O) groups excluding carboxylic acids is 1. The van der Waals surface area contributed by atoms with Crippen LogP contribution in [0.4, 0.5) is 5.13 Å². The number of fused-ring (bicyclic) bond motifs is 1. The lowest BCUT2D eigenvalue weighted by Crippen LogP contribution is -2.36. The highest BCUT2D eigenvalue weighted by atomic mass is 32.2. The molecule has 3 aromatic rings. The number of rotatable bonds is 8. The van der Waals surface area contributed by atoms with Crippen LogP contribution in [-0.2, 0) is 10.0 Å². The third-order valence-corrected chi connectivity index (χ3v) is 8.66. The molecule has 1 fully saturated rings. The van der Waals surface area contributed by atoms with E-state index in [4.69, 9.17) is 4.98 Å². The van der Waals surface area contributed by atoms with Crippen LogP contribution in [0.3, 0.4) is 0 Å². The van der Waals surface area contributed by atoms with Gasteiger partial charge in [0, 0.05) is 31.7 Å². The predicted molar refractivity (Wildman–Crippen MR) is 129 cm³/mol. The SMILES string of the molecule is Cc1cccc2sc(N(CCN(C)C)C(=O)c3ccc(S(=O)(=O)N(C)C4CC4)cc3)nc12. The number of benzene rings is 2. The van der Waals surface area contributed by atoms with E-state index in [0.29, 0.717) is 23.8 Å². The summed E-state index contributed by atoms with van der Waals surface area (Å²) in [7, 11) is 1.99. The maximum Gasteiger partial charge on any atom is 0.260 e. The fraction of sp³-hybridized carbons (Fsp3) is 0.391. The average Bonchev–Trinajstić information content (AvgIpc) is 3.52. The molecule has 9 heteroatoms. The van der Waals surface area contributed by atoms with Crippen molar-refractivity contribution in [3.63, 3.8) is 0 Å². The van der Waals surface area contributed by atoms with Crippen LogP contribution in [0.1, 0.15) is 28.8 Å². The van der Waals surface area contributed by atoms with Crippen LogP contribution in [-0.4, -0.2) is 68.8 Å². The van der Waals surface area contributed by atoms with Crippen LogP contribution in [0.5, 0.6) is 0 Å². The Morgan fingerprint density at radius 2 is 1.75 bits per heavy atom. The van der Waals surface area contributed by atoms with Gasteiger partial charge in [-0.2, -0.15) is 4.31 Å². The van der Waals surface area contributed by atoms with Gasteiger partial charge in [-0.15, -0.1) is 0 Å². The van der Waals surface area contributed by atoms with Gasteiger partial charge in [-0.1, -0.05) is 23.5 Å². The van der Waals surface area contributed by atoms with E-state index in [2.05, 4.69) is 0 Å². The molecule has 0 spiro atoms. The lowest BCUT2D eigenvalue weighted by molar-refractivity contribution is 0.0985. The molecule has 7 nitrogen and oxygen atoms in total. The Morgan fingerprint density at radius 1 is 1.06 bits per heavy atom. The molecule has 1 aliphatic carbocycles. The van der Waals surface area contributed by atoms with Gasteiger partial charge < -0.3 is 4.90 Å². The van der Waals surface area contributed by atoms with Gasteiger partial charge in [0.1, 0.15) is 0 Å². The Morgan fingerprint density at radius 3 is 2.34 bits per heavy atom. The molecule has 1 amide bonds. The number of aryl methyl sites for hydroxylation is 1. The van der Waals surface area contributed by atoms with E-state index in [9.17, 15) is 13.2 Å². The smallest absolute Gasteiger partial charge is 0.260 e. The summed E-state index contributed by atoms with van der Waals surface area (Å²) in [6.07, 6.45) is 1.80. The highest BCUT2D eigenvalue weighted by Crippen LogP contribution is 2.32. The van der Waals surface area contributed by atoms with Gasteiger partial charge >= 0.3 is 0 Å². The number of amides is 1. The van der Waals surface area contributed by atoms with E-state index in [1.807, 2.05) is 44.1 Å². The van der Waals surface area contributed by atoms with Crippen LogP contribution in [0.25, 0.3) is 10.2 Å². The third-order valence-electron chi connectivity index (χ3n) is 5.70. The van der Waals surface area contributed by atoms with Crippen molar-refractivity contribution >= 4 is 42.6 Å². The second-order valence-electron chi connectivity index (χ2n) is 8.45. The van der Waals surface area contributed by atoms with Crippen LogP contribution in [0.15, 0.2) is 47.4 Å². The summed E-state index contributed by atoms with van der Waals surface area (Å²) in [6, 6.07) is 12.3. The lowest BCUT2D eigenvalue weighted by Gasteiger charge is -2.22. The summed E-state index contributed by atoms with van der Waals surface area (Å²) in [5, 5.41) is 0.645. The second-order valence-corrected chi connectivity index (χ2v) is 11.5. The summed E-state index contributed by atoms with van der Waals surface area (Å²) in [6.45, 7) is 3.17. The van der Waals surface area contributed by atoms with E-state index >= 15 is 0 Å². The summed E-state index contributed by atoms with van der Waals surface area (Å²) in [5.74, 6) is -0.192. The topological polar surface area (TPSA) is 73.8 Å². The Labute approximate surface area is 193 Å². The van der Waals surface area contributed by atoms with Crippen molar-refractivity contribution in [3.8, 4) is 0 Å². The van der Waals surface area contributed by atoms with Crippen molar-refractivity contribution in [2.75, 3.05) is 39.1 Å². The molecule has 0 aliphatic heterocycles. The van der Waals surface area contributed by atoms with Gasteiger partial charge in [-0.05, 0) is 69.8 Å². The van der Waals surface area contributed by atoms with Crippen LogP contribution < -0.4 is 4.90 Å². The highest BCUT2D eigenvalue weighted by molar-refractivity contribution is 7.89. The summed E-state index contributed by atoms with van der Waals surface area (Å²) >= 11 is 1.49. The molecule has 170 valence electrons. The van der Waals surface area contributed by atoms with Crippen molar-refractivity contribution in [1.82, 2.24) is 14.2 Å². The monoisotopic (exact) mass is 472 g/mol. The number of carbonyl (C=O) groups is 1. The Balaban J connectivity index is 1.63. The van der Waals surface area contributed by atoms with Gasteiger partial charge in [-0.25, -0.2) is 13.4 Å². The number of anilines is 1. The zero-order valence-electron chi connectivity index (χ0n) is 18.8. The maximum absolute atomic E-state index is 13.4. The number of likely N-dealkylation sites (N-methyl/N-ethyl adjacent to an activating group) is 1. The lowest BCUT2D eigenvalue weighted by atomic mass is 10.2. The van der Waals surface area contributed by atoms with E-state index in [1.165, 1.54) is 27.8 Å². The fourth-order valence-corrected chi connectivity index (χ4v) is 5.98. The van der Waals surface area contributed by atoms with Crippen LogP contribution in [0, 0.1) is 6.92 Å². The highest BCUT2D eigenvalue weighted by Gasteiger charge is 2.35. The minimum Gasteiger partial charge on any atom is -0.308 e. The molecule has 0 atom stereocenters. The summed E-state index contributed by atoms with van der Waals surface area (Å²) in [4.78, 5) is 22.1. The van der Waals surface area contributed by atoms with E-state index in [1.54, 1.807) is 24.1 Å². The molecule has 32 heavy (non-hydrogen) atoms. The number of aromatic nitrogens is 1. The van der Waals surface area contributed by atoms with Crippen molar-refractivity contribution in [3.05, 3.63) is 53.6 Å². The Hall–Kier alpha value is -2.33. The van der Waals surface area contributed by atoms with Gasteiger partial charge in [0.15, 0.2) is 5.13 Å². The molecule has 0 bridgehead atoms. The molecular formula is C23H28N4O3S2. The molecule has 1 aromatic heterocycles. The first kappa shape index (κ1) is 22.8. The average molecular weight is 473 g/mol. The van der Waals surface area contributed by atoms with Crippen molar-refractivity contribution in [2.24, 2.45) is 0 Å². The van der Waals surface area contributed by atoms with Crippen molar-refractivity contribution in [1.29, 1.82) is 0 Å². The summed E-state index contributed by atoms with van der Waals surface area (Å²) < 4.78 is 28.0. The number of nitrogens with zero attached hydrogens (tertiary/aromatic N) is 4. The molecule has 0 unspecified atom stereocenters. The first-order chi connectivity index (χ1) is 15.2. The molecule has 1 aliphatic rings. The van der Waals surface area contributed by atoms with Gasteiger partial charge in [-0.3, -0.25) is 9.69 Å². The molecule has 4 rings (SSSR count). The first-order valence-corrected chi connectivity index (χ1v) is 12.8. The zero-order valence-corrected chi connectivity index (χ0v) is 20.4. The number of sulfonamides is 1. The normalized spacial score (nSPS) is 14.4. The van der Waals surface area contributed by atoms with Gasteiger partial charge in [0.05, 0.1) is 15.1 Å². The maximum atomic E-state index is 13.4. The molecule has 0 radical (unpaired) electrons. The van der Waals surface area contributed by atoms with Gasteiger partial charge in [0.2, 0.25) is 10.0 Å². The molecule has 2 aromatic carbocycles. The molecule has 1 saturated carbocycles. The fourth-order valence-electron chi connectivity index (χ4n) is 3.50. The number of hydrogen-bond donors (Lipinski definition) is 0. The molecular weight excluding hydrogens is 444 g/mol. The number of thiazole rings is 1. The molecule has 1 heterocycles. The standard InChI is InChI=1S/C23H28N4O3S2/c1-16-6-5-7-20-21(16)24-23(31-20)27(15-14-25(2)3)22(28)17-8-12-19(13-9-17)32(29,30)26(4)18-10-11-18/h5-9,12-13,18H,10-11,14-15H2,1-4H3. The number of para-hydroxylation sites is 1. The minimum absolute atomic E-state index is 0.0883. The van der Waals surface area contributed by atoms with E-state index in [0.717, 1.165) is 28.6 Å². The van der Waals surface area contributed by atoms with E-state index < -0.39 is 10.0 Å².